The van der Waals surface area contributed by atoms with Crippen LogP contribution < -0.4 is 10.6 Å². The number of amides is 3. The number of rotatable bonds is 6. The van der Waals surface area contributed by atoms with Crippen LogP contribution >= 0.6 is 11.3 Å². The number of hydrogen-bond acceptors (Lipinski definition) is 7. The monoisotopic (exact) mass is 435 g/mol. The second-order valence-corrected chi connectivity index (χ2v) is 7.66. The molecule has 2 heterocycles. The number of benzene rings is 1. The van der Waals surface area contributed by atoms with E-state index in [9.17, 15) is 18.8 Å². The maximum absolute atomic E-state index is 13.0. The number of hydrogen-bond donors (Lipinski definition) is 2. The van der Waals surface area contributed by atoms with Crippen LogP contribution in [0.25, 0.3) is 0 Å². The molecule has 1 aromatic carbocycles. The first kappa shape index (κ1) is 21.6. The van der Waals surface area contributed by atoms with Gasteiger partial charge in [0.25, 0.3) is 5.91 Å². The van der Waals surface area contributed by atoms with Gasteiger partial charge in [-0.3, -0.25) is 9.59 Å². The van der Waals surface area contributed by atoms with Crippen molar-refractivity contribution in [3.05, 3.63) is 40.1 Å². The molecule has 0 radical (unpaired) electrons. The fraction of sp³-hybridized carbons (Fsp3) is 0.421. The molecule has 1 aromatic heterocycles. The number of aromatic nitrogens is 2. The van der Waals surface area contributed by atoms with Crippen LogP contribution in [-0.4, -0.2) is 59.2 Å². The molecule has 3 rings (SSSR count). The van der Waals surface area contributed by atoms with Crippen molar-refractivity contribution in [2.24, 2.45) is 0 Å². The molecule has 30 heavy (non-hydrogen) atoms. The van der Waals surface area contributed by atoms with Crippen molar-refractivity contribution < 1.29 is 23.5 Å². The molecular formula is C19H22FN5O4S. The highest BCUT2D eigenvalue weighted by molar-refractivity contribution is 7.13. The minimum Gasteiger partial charge on any atom is -0.465 e. The first-order valence-corrected chi connectivity index (χ1v) is 10.4. The highest BCUT2D eigenvalue weighted by Crippen LogP contribution is 2.29. The van der Waals surface area contributed by atoms with Crippen LogP contribution in [0, 0.1) is 5.82 Å². The molecule has 0 saturated carbocycles. The third-order valence-electron chi connectivity index (χ3n) is 4.48. The summed E-state index contributed by atoms with van der Waals surface area (Å²) in [5.74, 6) is -1.35. The fourth-order valence-electron chi connectivity index (χ4n) is 3.04. The molecule has 2 N–H and O–H groups in total. The summed E-state index contributed by atoms with van der Waals surface area (Å²) in [6, 6.07) is 5.09. The lowest BCUT2D eigenvalue weighted by molar-refractivity contribution is -0.141. The van der Waals surface area contributed by atoms with Crippen LogP contribution in [0.2, 0.25) is 0 Å². The number of nitrogens with zero attached hydrogens (tertiary/aromatic N) is 3. The van der Waals surface area contributed by atoms with Crippen molar-refractivity contribution in [3.63, 3.8) is 0 Å². The number of likely N-dealkylation sites (tertiary alicyclic amines) is 1. The zero-order chi connectivity index (χ0) is 21.5. The summed E-state index contributed by atoms with van der Waals surface area (Å²) in [6.45, 7) is 2.77. The molecule has 9 nitrogen and oxygen atoms in total. The summed E-state index contributed by atoms with van der Waals surface area (Å²) in [7, 11) is 0. The molecular weight excluding hydrogens is 413 g/mol. The first-order valence-electron chi connectivity index (χ1n) is 9.55. The Labute approximate surface area is 176 Å². The molecule has 0 bridgehead atoms. The Hall–Kier alpha value is -3.08. The first-order chi connectivity index (χ1) is 14.5. The molecule has 1 fully saturated rings. The Morgan fingerprint density at radius 3 is 2.77 bits per heavy atom. The average molecular weight is 435 g/mol. The topological polar surface area (TPSA) is 114 Å². The summed E-state index contributed by atoms with van der Waals surface area (Å²) in [4.78, 5) is 37.7. The van der Waals surface area contributed by atoms with Crippen LogP contribution in [0.3, 0.4) is 0 Å². The number of esters is 1. The highest BCUT2D eigenvalue weighted by Gasteiger charge is 2.28. The van der Waals surface area contributed by atoms with E-state index >= 15 is 0 Å². The quantitative estimate of drug-likeness (QED) is 0.674. The van der Waals surface area contributed by atoms with Crippen molar-refractivity contribution >= 4 is 34.9 Å². The van der Waals surface area contributed by atoms with E-state index in [1.807, 2.05) is 0 Å². The Morgan fingerprint density at radius 2 is 2.03 bits per heavy atom. The van der Waals surface area contributed by atoms with E-state index in [0.29, 0.717) is 23.8 Å². The van der Waals surface area contributed by atoms with Crippen LogP contribution in [0.1, 0.15) is 40.5 Å². The SMILES string of the molecule is CCOC(=O)CNC(=O)N1CCC[C@H](c2nnc(C(=O)Nc3ccc(F)cc3)s2)C1. The van der Waals surface area contributed by atoms with Gasteiger partial charge in [0.2, 0.25) is 5.01 Å². The minimum absolute atomic E-state index is 0.0445. The van der Waals surface area contributed by atoms with E-state index < -0.39 is 11.9 Å². The van der Waals surface area contributed by atoms with Crippen molar-refractivity contribution in [2.45, 2.75) is 25.7 Å². The molecule has 1 saturated heterocycles. The third-order valence-corrected chi connectivity index (χ3v) is 5.57. The normalized spacial score (nSPS) is 16.1. The molecule has 160 valence electrons. The molecule has 0 unspecified atom stereocenters. The minimum atomic E-state index is -0.486. The second kappa shape index (κ2) is 10.1. The summed E-state index contributed by atoms with van der Waals surface area (Å²) in [6.07, 6.45) is 1.59. The molecule has 1 atom stereocenters. The number of anilines is 1. The van der Waals surface area contributed by atoms with Crippen molar-refractivity contribution in [2.75, 3.05) is 31.6 Å². The number of nitrogens with one attached hydrogen (secondary N) is 2. The predicted molar refractivity (Wildman–Crippen MR) is 108 cm³/mol. The van der Waals surface area contributed by atoms with Crippen LogP contribution in [-0.2, 0) is 9.53 Å². The van der Waals surface area contributed by atoms with E-state index in [1.165, 1.54) is 35.6 Å². The molecule has 0 spiro atoms. The van der Waals surface area contributed by atoms with Gasteiger partial charge in [-0.05, 0) is 44.0 Å². The van der Waals surface area contributed by atoms with E-state index in [1.54, 1.807) is 11.8 Å². The molecule has 1 aliphatic rings. The van der Waals surface area contributed by atoms with Gasteiger partial charge in [-0.15, -0.1) is 10.2 Å². The van der Waals surface area contributed by atoms with E-state index in [2.05, 4.69) is 20.8 Å². The standard InChI is InChI=1S/C19H22FN5O4S/c1-2-29-15(26)10-21-19(28)25-9-3-4-12(11-25)17-23-24-18(30-17)16(27)22-14-7-5-13(20)6-8-14/h5-8,12H,2-4,9-11H2,1H3,(H,21,28)(H,22,27)/t12-/m0/s1. The highest BCUT2D eigenvalue weighted by atomic mass is 32.1. The van der Waals surface area contributed by atoms with Gasteiger partial charge in [0.15, 0.2) is 0 Å². The largest absolute Gasteiger partial charge is 0.465 e. The molecule has 11 heteroatoms. The fourth-order valence-corrected chi connectivity index (χ4v) is 3.91. The lowest BCUT2D eigenvalue weighted by atomic mass is 9.99. The van der Waals surface area contributed by atoms with E-state index in [4.69, 9.17) is 4.74 Å². The van der Waals surface area contributed by atoms with E-state index in [0.717, 1.165) is 12.8 Å². The van der Waals surface area contributed by atoms with Crippen LogP contribution in [0.15, 0.2) is 24.3 Å². The third kappa shape index (κ3) is 5.72. The number of piperidine rings is 1. The summed E-state index contributed by atoms with van der Waals surface area (Å²) in [5.41, 5.74) is 0.459. The number of urea groups is 1. The summed E-state index contributed by atoms with van der Waals surface area (Å²) in [5, 5.41) is 14.1. The number of carbonyl (C=O) groups excluding carboxylic acids is 3. The molecule has 1 aliphatic heterocycles. The number of ether oxygens (including phenoxy) is 1. The van der Waals surface area contributed by atoms with Gasteiger partial charge < -0.3 is 20.3 Å². The van der Waals surface area contributed by atoms with Crippen LogP contribution in [0.4, 0.5) is 14.9 Å². The maximum Gasteiger partial charge on any atom is 0.325 e. The van der Waals surface area contributed by atoms with E-state index in [-0.39, 0.29) is 35.9 Å². The van der Waals surface area contributed by atoms with Gasteiger partial charge in [-0.2, -0.15) is 0 Å². The zero-order valence-electron chi connectivity index (χ0n) is 16.4. The van der Waals surface area contributed by atoms with Gasteiger partial charge >= 0.3 is 12.0 Å². The number of halogens is 1. The van der Waals surface area contributed by atoms with Crippen molar-refractivity contribution in [1.82, 2.24) is 20.4 Å². The van der Waals surface area contributed by atoms with Gasteiger partial charge in [0, 0.05) is 24.7 Å². The maximum atomic E-state index is 13.0. The number of carbonyl (C=O) groups is 3. The van der Waals surface area contributed by atoms with Gasteiger partial charge in [-0.25, -0.2) is 9.18 Å². The Morgan fingerprint density at radius 1 is 1.27 bits per heavy atom. The van der Waals surface area contributed by atoms with Gasteiger partial charge in [0.05, 0.1) is 6.61 Å². The molecule has 2 aromatic rings. The zero-order valence-corrected chi connectivity index (χ0v) is 17.2. The lowest BCUT2D eigenvalue weighted by Gasteiger charge is -2.31. The van der Waals surface area contributed by atoms with Crippen molar-refractivity contribution in [1.29, 1.82) is 0 Å². The van der Waals surface area contributed by atoms with Gasteiger partial charge in [-0.1, -0.05) is 11.3 Å². The van der Waals surface area contributed by atoms with Crippen LogP contribution in [0.5, 0.6) is 0 Å². The average Bonchev–Trinajstić information content (AvgIpc) is 3.24. The smallest absolute Gasteiger partial charge is 0.325 e. The Kier molecular flexibility index (Phi) is 7.28. The lowest BCUT2D eigenvalue weighted by Crippen LogP contribution is -2.46. The summed E-state index contributed by atoms with van der Waals surface area (Å²) < 4.78 is 17.8. The van der Waals surface area contributed by atoms with Gasteiger partial charge in [0.1, 0.15) is 17.4 Å². The Balaban J connectivity index is 1.56. The molecule has 3 amide bonds. The molecule has 0 aliphatic carbocycles. The van der Waals surface area contributed by atoms with Crippen molar-refractivity contribution in [3.8, 4) is 0 Å². The Bertz CT molecular complexity index is 905. The predicted octanol–water partition coefficient (Wildman–Crippen LogP) is 2.38. The second-order valence-electron chi connectivity index (χ2n) is 6.66. The summed E-state index contributed by atoms with van der Waals surface area (Å²) >= 11 is 1.17.